The van der Waals surface area contributed by atoms with E-state index in [4.69, 9.17) is 22.9 Å². The third-order valence-corrected chi connectivity index (χ3v) is 15.8. The van der Waals surface area contributed by atoms with Gasteiger partial charge >= 0.3 is 0 Å². The van der Waals surface area contributed by atoms with E-state index in [2.05, 4.69) is 74.4 Å². The summed E-state index contributed by atoms with van der Waals surface area (Å²) in [4.78, 5) is 198. The second-order valence-corrected chi connectivity index (χ2v) is 27.5. The van der Waals surface area contributed by atoms with Crippen molar-refractivity contribution in [2.75, 3.05) is 78.5 Å². The maximum absolute atomic E-state index is 13.3. The third-order valence-electron chi connectivity index (χ3n) is 15.8. The normalized spacial score (nSPS) is 12.7. The van der Waals surface area contributed by atoms with Gasteiger partial charge in [0.1, 0.15) is 38.3 Å². The van der Waals surface area contributed by atoms with Crippen LogP contribution in [0.3, 0.4) is 0 Å². The highest BCUT2D eigenvalue weighted by Gasteiger charge is 2.27. The van der Waals surface area contributed by atoms with E-state index in [1.54, 1.807) is 0 Å². The molecule has 36 heteroatoms. The Kier molecular flexibility index (Phi) is 55.8. The number of unbranched alkanes of at least 4 members (excludes halogenated alkanes) is 6. The van der Waals surface area contributed by atoms with E-state index in [0.29, 0.717) is 129 Å². The molecule has 0 heterocycles. The van der Waals surface area contributed by atoms with Crippen molar-refractivity contribution in [1.29, 1.82) is 0 Å². The highest BCUT2D eigenvalue weighted by Crippen LogP contribution is 2.09. The predicted molar refractivity (Wildman–Crippen MR) is 401 cm³/mol. The fraction of sp³-hybridized carbons (Fsp3) is 0.771. The van der Waals surface area contributed by atoms with Crippen molar-refractivity contribution in [3.63, 3.8) is 0 Å². The van der Waals surface area contributed by atoms with Gasteiger partial charge in [0.15, 0.2) is 0 Å². The first kappa shape index (κ1) is 99.4. The summed E-state index contributed by atoms with van der Waals surface area (Å²) in [6.45, 7) is 20.9. The second-order valence-electron chi connectivity index (χ2n) is 27.5. The molecule has 36 nitrogen and oxygen atoms in total. The minimum Gasteiger partial charge on any atom is -0.368 e. The zero-order chi connectivity index (χ0) is 80.7. The summed E-state index contributed by atoms with van der Waals surface area (Å²) < 4.78 is 0. The van der Waals surface area contributed by atoms with Crippen LogP contribution in [0.1, 0.15) is 212 Å². The quantitative estimate of drug-likeness (QED) is 0.0267. The predicted octanol–water partition coefficient (Wildman–Crippen LogP) is -3.18. The number of amides is 16. The lowest BCUT2D eigenvalue weighted by Crippen LogP contribution is -2.48. The van der Waals surface area contributed by atoms with Gasteiger partial charge in [-0.25, -0.2) is 0 Å². The van der Waals surface area contributed by atoms with Crippen LogP contribution in [0.2, 0.25) is 0 Å². The molecule has 6 atom stereocenters. The number of primary amides is 4. The number of carbonyl (C=O) groups excluding carboxylic acids is 16. The summed E-state index contributed by atoms with van der Waals surface area (Å²) in [5.41, 5.74) is 21.9. The molecule has 0 fully saturated rings. The molecule has 0 aliphatic heterocycles. The first-order valence-corrected chi connectivity index (χ1v) is 37.3. The Morgan fingerprint density at radius 1 is 0.264 bits per heavy atom. The van der Waals surface area contributed by atoms with Gasteiger partial charge < -0.3 is 107 Å². The highest BCUT2D eigenvalue weighted by atomic mass is 16.2. The lowest BCUT2D eigenvalue weighted by Gasteiger charge is -2.23. The summed E-state index contributed by atoms with van der Waals surface area (Å²) >= 11 is 0. The van der Waals surface area contributed by atoms with Gasteiger partial charge in [-0.1, -0.05) is 55.4 Å². The molecule has 4 unspecified atom stereocenters. The van der Waals surface area contributed by atoms with Crippen LogP contribution in [0.4, 0.5) is 0 Å². The van der Waals surface area contributed by atoms with E-state index in [9.17, 15) is 76.7 Å². The highest BCUT2D eigenvalue weighted by molar-refractivity contribution is 5.92. The summed E-state index contributed by atoms with van der Waals surface area (Å²) in [6, 6.07) is -3.31. The third kappa shape index (κ3) is 55.8. The molecule has 22 N–H and O–H groups in total. The van der Waals surface area contributed by atoms with Crippen LogP contribution in [0.5, 0.6) is 0 Å². The number of hydrogen-bond donors (Lipinski definition) is 18. The van der Waals surface area contributed by atoms with E-state index in [0.717, 1.165) is 9.80 Å². The Labute approximate surface area is 626 Å². The number of carbonyl (C=O) groups is 16. The monoisotopic (exact) mass is 1510 g/mol. The smallest absolute Gasteiger partial charge is 0.242 e. The average Bonchev–Trinajstić information content (AvgIpc) is 1.07. The van der Waals surface area contributed by atoms with Gasteiger partial charge in [0.05, 0.1) is 24.2 Å². The zero-order valence-electron chi connectivity index (χ0n) is 65.1. The fourth-order valence-electron chi connectivity index (χ4n) is 10.7. The number of nitrogens with one attached hydrogen (secondary N) is 14. The molecule has 608 valence electrons. The topological polar surface area (TPSA) is 552 Å². The SMILES string of the molecule is CC(=O)NCCCC[C@H](NC(C)=O)C(=O)NCCC(=O)N(CC(=O)NCCCCC(NC(C)C)C(N)=O)CC(=O)NCCCCC(NC(C)C)C(N)=O.CC(=O)NCCCC[C@H](NC(C)=O)C(=O)NCCC(=O)N(CC(=O)NCCCCC(NC(C)C)C(N)=O)CC(=O)NCCCCC(NC(C)C)C(N)=O. The lowest BCUT2D eigenvalue weighted by molar-refractivity contribution is -0.139. The van der Waals surface area contributed by atoms with Crippen molar-refractivity contribution in [2.24, 2.45) is 22.9 Å². The number of hydrogen-bond acceptors (Lipinski definition) is 20. The van der Waals surface area contributed by atoms with Crippen LogP contribution in [-0.2, 0) is 76.7 Å². The van der Waals surface area contributed by atoms with Crippen LogP contribution in [0, 0.1) is 0 Å². The van der Waals surface area contributed by atoms with Gasteiger partial charge in [-0.05, 0) is 116 Å². The van der Waals surface area contributed by atoms with E-state index < -0.39 is 145 Å². The fourth-order valence-corrected chi connectivity index (χ4v) is 10.7. The first-order chi connectivity index (χ1) is 49.8. The molecular formula is C70H132N20O16. The van der Waals surface area contributed by atoms with Gasteiger partial charge in [0, 0.05) is 117 Å². The Balaban J connectivity index is 0. The van der Waals surface area contributed by atoms with Crippen molar-refractivity contribution in [2.45, 2.75) is 272 Å². The molecule has 0 aromatic heterocycles. The lowest BCUT2D eigenvalue weighted by atomic mass is 10.1. The number of nitrogens with two attached hydrogens (primary N) is 4. The zero-order valence-corrected chi connectivity index (χ0v) is 65.1. The molecule has 0 aliphatic carbocycles. The molecule has 106 heavy (non-hydrogen) atoms. The minimum atomic E-state index is -0.841. The second kappa shape index (κ2) is 59.5. The van der Waals surface area contributed by atoms with Crippen LogP contribution in [-0.4, -0.2) is 243 Å². The van der Waals surface area contributed by atoms with Crippen molar-refractivity contribution in [1.82, 2.24) is 84.2 Å². The molecule has 0 saturated carbocycles. The van der Waals surface area contributed by atoms with Crippen molar-refractivity contribution < 1.29 is 76.7 Å². The summed E-state index contributed by atoms with van der Waals surface area (Å²) in [6.07, 6.45) is 9.19. The number of rotatable bonds is 60. The standard InChI is InChI=1S/2C35H66N10O8/c2*1-23(2)42-27(33(36)51)13-7-11-18-39-30(48)21-45(22-31(49)40-19-12-8-14-28(34(37)52)43-24(3)4)32(50)16-20-41-35(53)29(44-26(6)47)15-9-10-17-38-25(5)46/h2*23-24,27-29,42-43H,7-22H2,1-6H3,(H2,36,51)(H2,37,52)(H,38,46)(H,39,48)(H,40,49)(H,41,53)(H,44,47)/t2*27?,28?,29-/m00/s1. The summed E-state index contributed by atoms with van der Waals surface area (Å²) in [7, 11) is 0. The Morgan fingerprint density at radius 3 is 0.660 bits per heavy atom. The van der Waals surface area contributed by atoms with Crippen molar-refractivity contribution in [3.8, 4) is 0 Å². The summed E-state index contributed by atoms with van der Waals surface area (Å²) in [5, 5.41) is 39.2. The van der Waals surface area contributed by atoms with Gasteiger partial charge in [0.2, 0.25) is 94.5 Å². The molecular weight excluding hydrogens is 1380 g/mol. The van der Waals surface area contributed by atoms with Gasteiger partial charge in [0.25, 0.3) is 0 Å². The molecule has 0 aliphatic rings. The van der Waals surface area contributed by atoms with E-state index in [1.807, 2.05) is 55.4 Å². The largest absolute Gasteiger partial charge is 0.368 e. The van der Waals surface area contributed by atoms with Crippen molar-refractivity contribution in [3.05, 3.63) is 0 Å². The molecule has 0 bridgehead atoms. The number of nitrogens with zero attached hydrogens (tertiary/aromatic N) is 2. The Hall–Kier alpha value is -8.64. The van der Waals surface area contributed by atoms with E-state index in [1.165, 1.54) is 27.7 Å². The molecule has 0 aromatic rings. The Bertz CT molecular complexity index is 2440. The van der Waals surface area contributed by atoms with Gasteiger partial charge in [-0.2, -0.15) is 0 Å². The van der Waals surface area contributed by atoms with Gasteiger partial charge in [-0.3, -0.25) is 76.7 Å². The first-order valence-electron chi connectivity index (χ1n) is 37.3. The molecule has 0 spiro atoms. The molecule has 16 amide bonds. The Morgan fingerprint density at radius 2 is 0.472 bits per heavy atom. The van der Waals surface area contributed by atoms with Crippen LogP contribution in [0.25, 0.3) is 0 Å². The molecule has 0 radical (unpaired) electrons. The van der Waals surface area contributed by atoms with E-state index >= 15 is 0 Å². The molecule has 0 aromatic carbocycles. The van der Waals surface area contributed by atoms with Crippen molar-refractivity contribution >= 4 is 94.5 Å². The average molecular weight is 1510 g/mol. The maximum atomic E-state index is 13.3. The van der Waals surface area contributed by atoms with Gasteiger partial charge in [-0.15, -0.1) is 0 Å². The summed E-state index contributed by atoms with van der Waals surface area (Å²) in [5.74, 6) is -6.92. The molecule has 0 saturated heterocycles. The molecule has 0 rings (SSSR count). The van der Waals surface area contributed by atoms with Crippen LogP contribution < -0.4 is 97.4 Å². The van der Waals surface area contributed by atoms with Crippen LogP contribution in [0.15, 0.2) is 0 Å². The maximum Gasteiger partial charge on any atom is 0.242 e. The van der Waals surface area contributed by atoms with Crippen LogP contribution >= 0.6 is 0 Å². The minimum absolute atomic E-state index is 0.0770. The van der Waals surface area contributed by atoms with E-state index in [-0.39, 0.29) is 88.1 Å².